The van der Waals surface area contributed by atoms with Crippen LogP contribution in [-0.2, 0) is 6.42 Å². The Hall–Kier alpha value is -1.91. The Morgan fingerprint density at radius 2 is 2.07 bits per heavy atom. The largest absolute Gasteiger partial charge is 0.477 e. The Morgan fingerprint density at radius 1 is 1.33 bits per heavy atom. The molecule has 5 nitrogen and oxygen atoms in total. The van der Waals surface area contributed by atoms with Crippen LogP contribution >= 0.6 is 0 Å². The number of carbonyl (C=O) groups excluding carboxylic acids is 1. The number of aromatic amines is 1. The molecule has 0 saturated heterocycles. The zero-order chi connectivity index (χ0) is 11.0. The van der Waals surface area contributed by atoms with E-state index in [1.165, 1.54) is 6.07 Å². The van der Waals surface area contributed by atoms with Gasteiger partial charge in [0.15, 0.2) is 5.78 Å². The maximum absolute atomic E-state index is 11.5. The minimum absolute atomic E-state index is 0.102. The molecule has 2 N–H and O–H groups in total. The standard InChI is InChI=1S/C10H9NO4/c12-8-3-1-2-7-5(8)4-6(10(14)15)9(13)11-7/h4H,1-3H2,(H,11,13)(H,14,15). The van der Waals surface area contributed by atoms with Crippen molar-refractivity contribution < 1.29 is 14.7 Å². The molecule has 0 aliphatic heterocycles. The van der Waals surface area contributed by atoms with Crippen LogP contribution in [0.3, 0.4) is 0 Å². The van der Waals surface area contributed by atoms with E-state index in [1.807, 2.05) is 0 Å². The summed E-state index contributed by atoms with van der Waals surface area (Å²) in [5.74, 6) is -1.41. The van der Waals surface area contributed by atoms with Gasteiger partial charge in [-0.2, -0.15) is 0 Å². The van der Waals surface area contributed by atoms with Crippen molar-refractivity contribution in [3.8, 4) is 0 Å². The number of aryl methyl sites for hydroxylation is 1. The third-order valence-corrected chi connectivity index (χ3v) is 2.48. The van der Waals surface area contributed by atoms with Crippen LogP contribution in [0.2, 0.25) is 0 Å². The van der Waals surface area contributed by atoms with Crippen LogP contribution in [-0.4, -0.2) is 21.8 Å². The predicted molar refractivity (Wildman–Crippen MR) is 51.3 cm³/mol. The molecule has 0 aromatic carbocycles. The highest BCUT2D eigenvalue weighted by Crippen LogP contribution is 2.18. The molecule has 1 aromatic heterocycles. The number of hydrogen-bond donors (Lipinski definition) is 2. The van der Waals surface area contributed by atoms with Crippen LogP contribution in [0, 0.1) is 0 Å². The number of carboxylic acid groups (broad SMARTS) is 1. The van der Waals surface area contributed by atoms with Crippen LogP contribution in [0.5, 0.6) is 0 Å². The van der Waals surface area contributed by atoms with Gasteiger partial charge in [0, 0.05) is 17.7 Å². The second kappa shape index (κ2) is 3.34. The zero-order valence-corrected chi connectivity index (χ0v) is 7.87. The third-order valence-electron chi connectivity index (χ3n) is 2.48. The van der Waals surface area contributed by atoms with Crippen molar-refractivity contribution in [1.82, 2.24) is 4.98 Å². The lowest BCUT2D eigenvalue weighted by Crippen LogP contribution is -2.24. The molecule has 0 atom stereocenters. The van der Waals surface area contributed by atoms with Crippen molar-refractivity contribution in [2.24, 2.45) is 0 Å². The highest BCUT2D eigenvalue weighted by Gasteiger charge is 2.21. The van der Waals surface area contributed by atoms with Crippen molar-refractivity contribution in [3.05, 3.63) is 33.2 Å². The fourth-order valence-corrected chi connectivity index (χ4v) is 1.73. The number of ketones is 1. The lowest BCUT2D eigenvalue weighted by molar-refractivity contribution is 0.0695. The molecule has 0 amide bonds. The van der Waals surface area contributed by atoms with Crippen molar-refractivity contribution >= 4 is 11.8 Å². The van der Waals surface area contributed by atoms with Gasteiger partial charge in [0.25, 0.3) is 5.56 Å². The number of hydrogen-bond acceptors (Lipinski definition) is 3. The Bertz CT molecular complexity index is 501. The van der Waals surface area contributed by atoms with Crippen LogP contribution in [0.25, 0.3) is 0 Å². The van der Waals surface area contributed by atoms with Crippen LogP contribution in [0.1, 0.15) is 39.3 Å². The monoisotopic (exact) mass is 207 g/mol. The van der Waals surface area contributed by atoms with Crippen LogP contribution < -0.4 is 5.56 Å². The second-order valence-corrected chi connectivity index (χ2v) is 3.49. The number of Topliss-reactive ketones (excluding diaryl/α,β-unsaturated/α-hetero) is 1. The van der Waals surface area contributed by atoms with E-state index in [0.717, 1.165) is 0 Å². The lowest BCUT2D eigenvalue weighted by Gasteiger charge is -2.13. The fourth-order valence-electron chi connectivity index (χ4n) is 1.73. The molecule has 0 unspecified atom stereocenters. The smallest absolute Gasteiger partial charge is 0.341 e. The third kappa shape index (κ3) is 1.56. The molecule has 1 aliphatic carbocycles. The Labute approximate surface area is 84.7 Å². The summed E-state index contributed by atoms with van der Waals surface area (Å²) in [7, 11) is 0. The van der Waals surface area contributed by atoms with E-state index in [2.05, 4.69) is 4.98 Å². The second-order valence-electron chi connectivity index (χ2n) is 3.49. The summed E-state index contributed by atoms with van der Waals surface area (Å²) >= 11 is 0. The van der Waals surface area contributed by atoms with Crippen molar-refractivity contribution in [3.63, 3.8) is 0 Å². The average molecular weight is 207 g/mol. The first-order valence-corrected chi connectivity index (χ1v) is 4.62. The van der Waals surface area contributed by atoms with Gasteiger partial charge < -0.3 is 10.1 Å². The van der Waals surface area contributed by atoms with Gasteiger partial charge >= 0.3 is 5.97 Å². The maximum Gasteiger partial charge on any atom is 0.341 e. The molecule has 0 bridgehead atoms. The molecule has 15 heavy (non-hydrogen) atoms. The van der Waals surface area contributed by atoms with Gasteiger partial charge in [-0.25, -0.2) is 4.79 Å². The van der Waals surface area contributed by atoms with Gasteiger partial charge in [-0.05, 0) is 18.9 Å². The summed E-state index contributed by atoms with van der Waals surface area (Å²) in [6.45, 7) is 0. The topological polar surface area (TPSA) is 87.2 Å². The SMILES string of the molecule is O=C1CCCc2[nH]c(=O)c(C(=O)O)cc21. The first-order chi connectivity index (χ1) is 7.09. The van der Waals surface area contributed by atoms with E-state index in [0.29, 0.717) is 30.5 Å². The molecular weight excluding hydrogens is 198 g/mol. The molecule has 0 radical (unpaired) electrons. The van der Waals surface area contributed by atoms with Crippen molar-refractivity contribution in [2.75, 3.05) is 0 Å². The molecule has 1 aromatic rings. The Morgan fingerprint density at radius 3 is 2.73 bits per heavy atom. The lowest BCUT2D eigenvalue weighted by atomic mass is 9.94. The van der Waals surface area contributed by atoms with Gasteiger partial charge in [0.2, 0.25) is 0 Å². The number of pyridine rings is 1. The zero-order valence-electron chi connectivity index (χ0n) is 7.87. The first kappa shape index (κ1) is 9.64. The predicted octanol–water partition coefficient (Wildman–Crippen LogP) is 0.592. The molecule has 0 fully saturated rings. The number of aromatic carboxylic acids is 1. The van der Waals surface area contributed by atoms with Crippen LogP contribution in [0.4, 0.5) is 0 Å². The number of rotatable bonds is 1. The van der Waals surface area contributed by atoms with Gasteiger partial charge in [-0.1, -0.05) is 0 Å². The molecular formula is C10H9NO4. The summed E-state index contributed by atoms with van der Waals surface area (Å²) in [5, 5.41) is 8.72. The van der Waals surface area contributed by atoms with E-state index >= 15 is 0 Å². The Kier molecular flexibility index (Phi) is 2.15. The summed E-state index contributed by atoms with van der Waals surface area (Å²) in [4.78, 5) is 35.9. The van der Waals surface area contributed by atoms with Crippen molar-refractivity contribution in [2.45, 2.75) is 19.3 Å². The number of nitrogens with one attached hydrogen (secondary N) is 1. The van der Waals surface area contributed by atoms with E-state index < -0.39 is 11.5 Å². The molecule has 5 heteroatoms. The summed E-state index contributed by atoms with van der Waals surface area (Å²) in [6, 6.07) is 1.18. The molecule has 78 valence electrons. The molecule has 0 saturated carbocycles. The minimum Gasteiger partial charge on any atom is -0.477 e. The van der Waals surface area contributed by atoms with E-state index in [-0.39, 0.29) is 11.3 Å². The molecule has 0 spiro atoms. The fraction of sp³-hybridized carbons (Fsp3) is 0.300. The number of carbonyl (C=O) groups is 2. The van der Waals surface area contributed by atoms with E-state index in [9.17, 15) is 14.4 Å². The van der Waals surface area contributed by atoms with Gasteiger partial charge in [-0.15, -0.1) is 0 Å². The van der Waals surface area contributed by atoms with Gasteiger partial charge in [0.05, 0.1) is 0 Å². The quantitative estimate of drug-likeness (QED) is 0.705. The molecule has 1 aliphatic rings. The number of aromatic nitrogens is 1. The molecule has 1 heterocycles. The Balaban J connectivity index is 2.65. The average Bonchev–Trinajstić information content (AvgIpc) is 2.16. The highest BCUT2D eigenvalue weighted by atomic mass is 16.4. The van der Waals surface area contributed by atoms with E-state index in [1.54, 1.807) is 0 Å². The van der Waals surface area contributed by atoms with Crippen LogP contribution in [0.15, 0.2) is 10.9 Å². The van der Waals surface area contributed by atoms with Crippen molar-refractivity contribution in [1.29, 1.82) is 0 Å². The van der Waals surface area contributed by atoms with Gasteiger partial charge in [-0.3, -0.25) is 9.59 Å². The highest BCUT2D eigenvalue weighted by molar-refractivity contribution is 6.00. The maximum atomic E-state index is 11.5. The van der Waals surface area contributed by atoms with Gasteiger partial charge in [0.1, 0.15) is 5.56 Å². The number of fused-ring (bicyclic) bond motifs is 1. The number of carboxylic acids is 1. The summed E-state index contributed by atoms with van der Waals surface area (Å²) in [6.07, 6.45) is 1.74. The first-order valence-electron chi connectivity index (χ1n) is 4.62. The number of H-pyrrole nitrogens is 1. The molecule has 2 rings (SSSR count). The summed E-state index contributed by atoms with van der Waals surface area (Å²) < 4.78 is 0. The normalized spacial score (nSPS) is 14.8. The summed E-state index contributed by atoms with van der Waals surface area (Å²) in [5.41, 5.74) is -0.112. The minimum atomic E-state index is -1.31. The van der Waals surface area contributed by atoms with E-state index in [4.69, 9.17) is 5.11 Å².